The topological polar surface area (TPSA) is 34.2 Å². The molecule has 0 bridgehead atoms. The Morgan fingerprint density at radius 1 is 1.43 bits per heavy atom. The number of ether oxygens (including phenoxy) is 1. The monoisotopic (exact) mass is 190 g/mol. The molecular formula is C11H14N2O. The van der Waals surface area contributed by atoms with Gasteiger partial charge in [0.25, 0.3) is 0 Å². The number of nitrogens with one attached hydrogen (secondary N) is 1. The first-order chi connectivity index (χ1) is 6.93. The van der Waals surface area contributed by atoms with Crippen LogP contribution in [0.15, 0.2) is 12.3 Å². The molecule has 1 aromatic heterocycles. The Morgan fingerprint density at radius 3 is 3.29 bits per heavy atom. The van der Waals surface area contributed by atoms with Crippen molar-refractivity contribution >= 4 is 0 Å². The molecule has 0 amide bonds. The molecule has 1 N–H and O–H groups in total. The molecule has 3 nitrogen and oxygen atoms in total. The van der Waals surface area contributed by atoms with Crippen LogP contribution >= 0.6 is 0 Å². The smallest absolute Gasteiger partial charge is 0.0896 e. The molecule has 14 heavy (non-hydrogen) atoms. The SMILES string of the molecule is c1nc2c(cc1C1CCNC1)COC2. The highest BCUT2D eigenvalue weighted by Crippen LogP contribution is 2.26. The van der Waals surface area contributed by atoms with Gasteiger partial charge in [-0.2, -0.15) is 0 Å². The third kappa shape index (κ3) is 1.33. The molecule has 3 heteroatoms. The van der Waals surface area contributed by atoms with Crippen LogP contribution in [0.25, 0.3) is 0 Å². The fourth-order valence-electron chi connectivity index (χ4n) is 2.23. The van der Waals surface area contributed by atoms with Gasteiger partial charge in [-0.05, 0) is 30.5 Å². The minimum absolute atomic E-state index is 0.661. The number of nitrogens with zero attached hydrogens (tertiary/aromatic N) is 1. The van der Waals surface area contributed by atoms with Crippen LogP contribution in [0.4, 0.5) is 0 Å². The average molecular weight is 190 g/mol. The summed E-state index contributed by atoms with van der Waals surface area (Å²) in [6, 6.07) is 2.27. The summed E-state index contributed by atoms with van der Waals surface area (Å²) in [6.07, 6.45) is 3.26. The van der Waals surface area contributed by atoms with Gasteiger partial charge in [-0.25, -0.2) is 0 Å². The van der Waals surface area contributed by atoms with E-state index in [1.165, 1.54) is 17.5 Å². The summed E-state index contributed by atoms with van der Waals surface area (Å²) in [5.74, 6) is 0.661. The lowest BCUT2D eigenvalue weighted by Gasteiger charge is -2.09. The van der Waals surface area contributed by atoms with Gasteiger partial charge in [0.2, 0.25) is 0 Å². The lowest BCUT2D eigenvalue weighted by Crippen LogP contribution is -2.08. The molecule has 1 atom stereocenters. The summed E-state index contributed by atoms with van der Waals surface area (Å²) < 4.78 is 5.35. The van der Waals surface area contributed by atoms with Crippen LogP contribution in [0, 0.1) is 0 Å². The summed E-state index contributed by atoms with van der Waals surface area (Å²) in [5, 5.41) is 3.38. The van der Waals surface area contributed by atoms with E-state index in [-0.39, 0.29) is 0 Å². The zero-order valence-corrected chi connectivity index (χ0v) is 8.12. The summed E-state index contributed by atoms with van der Waals surface area (Å²) in [6.45, 7) is 3.68. The first-order valence-electron chi connectivity index (χ1n) is 5.19. The van der Waals surface area contributed by atoms with E-state index in [2.05, 4.69) is 16.4 Å². The standard InChI is InChI=1S/C11H14N2O/c1-2-12-4-8(1)9-3-10-6-14-7-11(10)13-5-9/h3,5,8,12H,1-2,4,6-7H2. The first-order valence-corrected chi connectivity index (χ1v) is 5.19. The quantitative estimate of drug-likeness (QED) is 0.722. The number of hydrogen-bond donors (Lipinski definition) is 1. The minimum atomic E-state index is 0.661. The molecule has 1 aromatic rings. The summed E-state index contributed by atoms with van der Waals surface area (Å²) in [7, 11) is 0. The zero-order valence-electron chi connectivity index (χ0n) is 8.12. The molecule has 2 aliphatic heterocycles. The van der Waals surface area contributed by atoms with Crippen LogP contribution < -0.4 is 5.32 Å². The van der Waals surface area contributed by atoms with E-state index < -0.39 is 0 Å². The molecule has 74 valence electrons. The molecule has 0 spiro atoms. The van der Waals surface area contributed by atoms with E-state index in [0.717, 1.165) is 25.4 Å². The van der Waals surface area contributed by atoms with Gasteiger partial charge in [0.1, 0.15) is 0 Å². The second-order valence-corrected chi connectivity index (χ2v) is 4.06. The molecular weight excluding hydrogens is 176 g/mol. The molecule has 1 unspecified atom stereocenters. The van der Waals surface area contributed by atoms with E-state index in [0.29, 0.717) is 12.5 Å². The molecule has 2 aliphatic rings. The number of pyridine rings is 1. The van der Waals surface area contributed by atoms with E-state index in [9.17, 15) is 0 Å². The van der Waals surface area contributed by atoms with E-state index in [1.54, 1.807) is 0 Å². The van der Waals surface area contributed by atoms with Crippen molar-refractivity contribution in [1.82, 2.24) is 10.3 Å². The Labute approximate surface area is 83.5 Å². The molecule has 0 aliphatic carbocycles. The Bertz CT molecular complexity index is 345. The number of aromatic nitrogens is 1. The van der Waals surface area contributed by atoms with Crippen LogP contribution in [-0.4, -0.2) is 18.1 Å². The largest absolute Gasteiger partial charge is 0.370 e. The van der Waals surface area contributed by atoms with Crippen molar-refractivity contribution in [2.45, 2.75) is 25.6 Å². The van der Waals surface area contributed by atoms with Crippen LogP contribution in [0.3, 0.4) is 0 Å². The van der Waals surface area contributed by atoms with Crippen molar-refractivity contribution in [2.24, 2.45) is 0 Å². The molecule has 0 saturated carbocycles. The maximum absolute atomic E-state index is 5.35. The van der Waals surface area contributed by atoms with Crippen LogP contribution in [0.2, 0.25) is 0 Å². The third-order valence-corrected chi connectivity index (χ3v) is 3.11. The predicted octanol–water partition coefficient (Wildman–Crippen LogP) is 1.19. The average Bonchev–Trinajstić information content (AvgIpc) is 2.88. The highest BCUT2D eigenvalue weighted by Gasteiger charge is 2.20. The fourth-order valence-corrected chi connectivity index (χ4v) is 2.23. The first kappa shape index (κ1) is 8.38. The van der Waals surface area contributed by atoms with Crippen molar-refractivity contribution in [3.63, 3.8) is 0 Å². The number of hydrogen-bond acceptors (Lipinski definition) is 3. The van der Waals surface area contributed by atoms with Crippen molar-refractivity contribution in [2.75, 3.05) is 13.1 Å². The van der Waals surface area contributed by atoms with Gasteiger partial charge in [0.05, 0.1) is 18.9 Å². The van der Waals surface area contributed by atoms with Gasteiger partial charge in [-0.15, -0.1) is 0 Å². The van der Waals surface area contributed by atoms with Crippen molar-refractivity contribution in [3.8, 4) is 0 Å². The van der Waals surface area contributed by atoms with Gasteiger partial charge < -0.3 is 10.1 Å². The van der Waals surface area contributed by atoms with E-state index >= 15 is 0 Å². The lowest BCUT2D eigenvalue weighted by molar-refractivity contribution is 0.133. The lowest BCUT2D eigenvalue weighted by atomic mass is 9.98. The minimum Gasteiger partial charge on any atom is -0.370 e. The predicted molar refractivity (Wildman–Crippen MR) is 53.0 cm³/mol. The van der Waals surface area contributed by atoms with E-state index in [1.807, 2.05) is 6.20 Å². The van der Waals surface area contributed by atoms with Gasteiger partial charge in [-0.1, -0.05) is 0 Å². The third-order valence-electron chi connectivity index (χ3n) is 3.11. The molecule has 3 heterocycles. The Morgan fingerprint density at radius 2 is 2.43 bits per heavy atom. The van der Waals surface area contributed by atoms with Gasteiger partial charge >= 0.3 is 0 Å². The van der Waals surface area contributed by atoms with E-state index in [4.69, 9.17) is 4.74 Å². The zero-order chi connectivity index (χ0) is 9.38. The number of rotatable bonds is 1. The Kier molecular flexibility index (Phi) is 2.00. The second-order valence-electron chi connectivity index (χ2n) is 4.06. The molecule has 0 aromatic carbocycles. The maximum Gasteiger partial charge on any atom is 0.0896 e. The van der Waals surface area contributed by atoms with Crippen molar-refractivity contribution < 1.29 is 4.74 Å². The van der Waals surface area contributed by atoms with Crippen LogP contribution in [0.5, 0.6) is 0 Å². The van der Waals surface area contributed by atoms with Crippen molar-refractivity contribution in [1.29, 1.82) is 0 Å². The Balaban J connectivity index is 1.91. The second kappa shape index (κ2) is 3.33. The Hall–Kier alpha value is -0.930. The van der Waals surface area contributed by atoms with Crippen LogP contribution in [0.1, 0.15) is 29.2 Å². The summed E-state index contributed by atoms with van der Waals surface area (Å²) >= 11 is 0. The molecule has 1 saturated heterocycles. The molecule has 1 fully saturated rings. The molecule has 0 radical (unpaired) electrons. The number of fused-ring (bicyclic) bond motifs is 1. The van der Waals surface area contributed by atoms with Gasteiger partial charge in [0.15, 0.2) is 0 Å². The highest BCUT2D eigenvalue weighted by atomic mass is 16.5. The summed E-state index contributed by atoms with van der Waals surface area (Å²) in [5.41, 5.74) is 3.79. The van der Waals surface area contributed by atoms with Gasteiger partial charge in [-0.3, -0.25) is 4.98 Å². The highest BCUT2D eigenvalue weighted by molar-refractivity contribution is 5.29. The maximum atomic E-state index is 5.35. The summed E-state index contributed by atoms with van der Waals surface area (Å²) in [4.78, 5) is 4.45. The normalized spacial score (nSPS) is 25.3. The van der Waals surface area contributed by atoms with Gasteiger partial charge in [0, 0.05) is 18.3 Å². The molecule has 3 rings (SSSR count). The van der Waals surface area contributed by atoms with Crippen molar-refractivity contribution in [3.05, 3.63) is 29.1 Å². The van der Waals surface area contributed by atoms with Crippen LogP contribution in [-0.2, 0) is 18.0 Å². The fraction of sp³-hybridized carbons (Fsp3) is 0.545.